The fourth-order valence-electron chi connectivity index (χ4n) is 1.70. The van der Waals surface area contributed by atoms with Crippen molar-refractivity contribution in [3.05, 3.63) is 22.6 Å². The van der Waals surface area contributed by atoms with Gasteiger partial charge in [0.05, 0.1) is 11.9 Å². The van der Waals surface area contributed by atoms with Gasteiger partial charge < -0.3 is 11.1 Å². The summed E-state index contributed by atoms with van der Waals surface area (Å²) < 4.78 is 1.09. The Hall–Kier alpha value is -1.85. The number of nitrogens with zero attached hydrogens (tertiary/aromatic N) is 2. The second-order valence-corrected chi connectivity index (χ2v) is 4.38. The Bertz CT molecular complexity index is 479. The van der Waals surface area contributed by atoms with Crippen molar-refractivity contribution in [2.24, 2.45) is 5.73 Å². The third-order valence-electron chi connectivity index (χ3n) is 3.08. The van der Waals surface area contributed by atoms with Gasteiger partial charge in [-0.1, -0.05) is 0 Å². The monoisotopic (exact) mass is 236 g/mol. The molecule has 0 saturated heterocycles. The first-order valence-corrected chi connectivity index (χ1v) is 5.72. The van der Waals surface area contributed by atoms with E-state index in [0.29, 0.717) is 11.7 Å². The van der Waals surface area contributed by atoms with Gasteiger partial charge in [0.1, 0.15) is 6.04 Å². The van der Waals surface area contributed by atoms with Crippen molar-refractivity contribution in [2.45, 2.75) is 38.3 Å². The van der Waals surface area contributed by atoms with Crippen LogP contribution in [-0.4, -0.2) is 21.7 Å². The third kappa shape index (κ3) is 2.46. The lowest BCUT2D eigenvalue weighted by Gasteiger charge is -2.27. The van der Waals surface area contributed by atoms with Crippen molar-refractivity contribution in [1.29, 1.82) is 0 Å². The molecule has 3 N–H and O–H groups in total. The largest absolute Gasteiger partial charge is 0.381 e. The minimum atomic E-state index is -0.722. The summed E-state index contributed by atoms with van der Waals surface area (Å²) in [5.74, 6) is -0.570. The van der Waals surface area contributed by atoms with Crippen LogP contribution in [0.2, 0.25) is 0 Å². The summed E-state index contributed by atoms with van der Waals surface area (Å²) >= 11 is 0. The number of nitrogens with one attached hydrogen (secondary N) is 1. The van der Waals surface area contributed by atoms with E-state index in [-0.39, 0.29) is 5.56 Å². The van der Waals surface area contributed by atoms with Crippen molar-refractivity contribution in [3.8, 4) is 0 Å². The van der Waals surface area contributed by atoms with Crippen LogP contribution in [0.1, 0.15) is 32.2 Å². The molecule has 6 nitrogen and oxygen atoms in total. The molecule has 6 heteroatoms. The van der Waals surface area contributed by atoms with Gasteiger partial charge in [-0.25, -0.2) is 4.68 Å². The molecule has 2 rings (SSSR count). The smallest absolute Gasteiger partial charge is 0.269 e. The van der Waals surface area contributed by atoms with Crippen LogP contribution in [0.4, 0.5) is 5.69 Å². The van der Waals surface area contributed by atoms with E-state index in [9.17, 15) is 9.59 Å². The average molecular weight is 236 g/mol. The highest BCUT2D eigenvalue weighted by Gasteiger charge is 2.18. The first kappa shape index (κ1) is 11.6. The number of carbonyl (C=O) groups excluding carboxylic acids is 1. The molecule has 1 amide bonds. The first-order valence-electron chi connectivity index (χ1n) is 5.72. The summed E-state index contributed by atoms with van der Waals surface area (Å²) in [6.07, 6.45) is 5.03. The molecule has 1 aliphatic carbocycles. The zero-order chi connectivity index (χ0) is 12.4. The van der Waals surface area contributed by atoms with Crippen LogP contribution in [0.3, 0.4) is 0 Å². The lowest BCUT2D eigenvalue weighted by Crippen LogP contribution is -2.34. The van der Waals surface area contributed by atoms with Gasteiger partial charge in [-0.2, -0.15) is 5.10 Å². The number of carbonyl (C=O) groups is 1. The molecule has 0 aliphatic heterocycles. The zero-order valence-corrected chi connectivity index (χ0v) is 9.72. The van der Waals surface area contributed by atoms with Crippen LogP contribution in [0.25, 0.3) is 0 Å². The van der Waals surface area contributed by atoms with Crippen LogP contribution in [-0.2, 0) is 4.79 Å². The minimum absolute atomic E-state index is 0.319. The summed E-state index contributed by atoms with van der Waals surface area (Å²) in [6, 6.07) is 1.17. The topological polar surface area (TPSA) is 90.0 Å². The van der Waals surface area contributed by atoms with Crippen LogP contribution in [0, 0.1) is 0 Å². The molecule has 0 bridgehead atoms. The molecule has 1 aromatic rings. The fraction of sp³-hybridized carbons (Fsp3) is 0.545. The Kier molecular flexibility index (Phi) is 3.12. The SMILES string of the molecule is CC(C(N)=O)n1ncc(NC2CCC2)cc1=O. The normalized spacial score (nSPS) is 17.2. The van der Waals surface area contributed by atoms with Gasteiger partial charge >= 0.3 is 0 Å². The van der Waals surface area contributed by atoms with E-state index in [1.807, 2.05) is 0 Å². The molecule has 1 aliphatic rings. The molecule has 1 fully saturated rings. The second kappa shape index (κ2) is 4.57. The molecule has 1 heterocycles. The van der Waals surface area contributed by atoms with Crippen LogP contribution < -0.4 is 16.6 Å². The molecular weight excluding hydrogens is 220 g/mol. The molecule has 1 saturated carbocycles. The van der Waals surface area contributed by atoms with E-state index in [0.717, 1.165) is 17.5 Å². The maximum absolute atomic E-state index is 11.7. The van der Waals surface area contributed by atoms with Crippen LogP contribution >= 0.6 is 0 Å². The van der Waals surface area contributed by atoms with E-state index in [2.05, 4.69) is 10.4 Å². The zero-order valence-electron chi connectivity index (χ0n) is 9.72. The first-order chi connectivity index (χ1) is 8.08. The molecule has 0 spiro atoms. The maximum Gasteiger partial charge on any atom is 0.269 e. The maximum atomic E-state index is 11.7. The summed E-state index contributed by atoms with van der Waals surface area (Å²) in [4.78, 5) is 22.7. The van der Waals surface area contributed by atoms with Crippen molar-refractivity contribution in [3.63, 3.8) is 0 Å². The van der Waals surface area contributed by atoms with E-state index < -0.39 is 11.9 Å². The summed E-state index contributed by atoms with van der Waals surface area (Å²) in [6.45, 7) is 1.55. The van der Waals surface area contributed by atoms with E-state index in [1.165, 1.54) is 12.5 Å². The summed E-state index contributed by atoms with van der Waals surface area (Å²) in [5, 5.41) is 7.17. The summed E-state index contributed by atoms with van der Waals surface area (Å²) in [7, 11) is 0. The number of primary amides is 1. The number of amides is 1. The van der Waals surface area contributed by atoms with Gasteiger partial charge in [-0.3, -0.25) is 9.59 Å². The van der Waals surface area contributed by atoms with Crippen LogP contribution in [0.5, 0.6) is 0 Å². The highest BCUT2D eigenvalue weighted by molar-refractivity contribution is 5.77. The highest BCUT2D eigenvalue weighted by atomic mass is 16.2. The fourth-order valence-corrected chi connectivity index (χ4v) is 1.70. The Morgan fingerprint density at radius 3 is 2.82 bits per heavy atom. The third-order valence-corrected chi connectivity index (χ3v) is 3.08. The lowest BCUT2D eigenvalue weighted by molar-refractivity contribution is -0.121. The number of anilines is 1. The average Bonchev–Trinajstić information content (AvgIpc) is 2.22. The number of hydrogen-bond donors (Lipinski definition) is 2. The Balaban J connectivity index is 2.16. The molecule has 17 heavy (non-hydrogen) atoms. The van der Waals surface area contributed by atoms with Gasteiger partial charge in [0.25, 0.3) is 5.56 Å². The van der Waals surface area contributed by atoms with Crippen molar-refractivity contribution in [1.82, 2.24) is 9.78 Å². The van der Waals surface area contributed by atoms with Gasteiger partial charge in [-0.15, -0.1) is 0 Å². The number of aromatic nitrogens is 2. The quantitative estimate of drug-likeness (QED) is 0.784. The second-order valence-electron chi connectivity index (χ2n) is 4.38. The Morgan fingerprint density at radius 1 is 1.65 bits per heavy atom. The highest BCUT2D eigenvalue weighted by Crippen LogP contribution is 2.22. The Labute approximate surface area is 98.8 Å². The lowest BCUT2D eigenvalue weighted by atomic mass is 9.93. The molecule has 1 atom stereocenters. The van der Waals surface area contributed by atoms with Gasteiger partial charge in [-0.05, 0) is 26.2 Å². The summed E-state index contributed by atoms with van der Waals surface area (Å²) in [5.41, 5.74) is 5.51. The number of rotatable bonds is 4. The van der Waals surface area contributed by atoms with E-state index in [1.54, 1.807) is 13.1 Å². The molecule has 92 valence electrons. The van der Waals surface area contributed by atoms with E-state index in [4.69, 9.17) is 5.73 Å². The van der Waals surface area contributed by atoms with Crippen molar-refractivity contribution in [2.75, 3.05) is 5.32 Å². The minimum Gasteiger partial charge on any atom is -0.381 e. The molecule has 0 aromatic carbocycles. The van der Waals surface area contributed by atoms with Crippen LogP contribution in [0.15, 0.2) is 17.1 Å². The predicted molar refractivity (Wildman–Crippen MR) is 63.7 cm³/mol. The molecule has 1 unspecified atom stereocenters. The Morgan fingerprint density at radius 2 is 2.35 bits per heavy atom. The van der Waals surface area contributed by atoms with E-state index >= 15 is 0 Å². The predicted octanol–water partition coefficient (Wildman–Crippen LogP) is 0.254. The van der Waals surface area contributed by atoms with Gasteiger partial charge in [0.15, 0.2) is 0 Å². The molecule has 0 radical (unpaired) electrons. The number of hydrogen-bond acceptors (Lipinski definition) is 4. The van der Waals surface area contributed by atoms with Crippen molar-refractivity contribution < 1.29 is 4.79 Å². The standard InChI is InChI=1S/C11H16N4O2/c1-7(11(12)17)15-10(16)5-9(6-13-15)14-8-3-2-4-8/h5-8,14H,2-4H2,1H3,(H2,12,17). The number of nitrogens with two attached hydrogens (primary N) is 1. The molecular formula is C11H16N4O2. The van der Waals surface area contributed by atoms with Gasteiger partial charge in [0.2, 0.25) is 5.91 Å². The van der Waals surface area contributed by atoms with Crippen molar-refractivity contribution >= 4 is 11.6 Å². The molecule has 1 aromatic heterocycles. The van der Waals surface area contributed by atoms with Gasteiger partial charge in [0, 0.05) is 12.1 Å².